The molecule has 1 aliphatic heterocycles. The van der Waals surface area contributed by atoms with Crippen LogP contribution in [0.2, 0.25) is 0 Å². The van der Waals surface area contributed by atoms with E-state index in [0.717, 1.165) is 0 Å². The van der Waals surface area contributed by atoms with E-state index >= 15 is 0 Å². The number of hydrogen-bond acceptors (Lipinski definition) is 5. The Kier molecular flexibility index (Phi) is 5.59. The molecule has 1 saturated heterocycles. The summed E-state index contributed by atoms with van der Waals surface area (Å²) in [6, 6.07) is 8.19. The Morgan fingerprint density at radius 3 is 2.71 bits per heavy atom. The van der Waals surface area contributed by atoms with Crippen molar-refractivity contribution in [3.63, 3.8) is 0 Å². The predicted molar refractivity (Wildman–Crippen MR) is 90.9 cm³/mol. The third kappa shape index (κ3) is 4.54. The zero-order chi connectivity index (χ0) is 17.9. The summed E-state index contributed by atoms with van der Waals surface area (Å²) in [5.41, 5.74) is 0.812. The van der Waals surface area contributed by atoms with Gasteiger partial charge >= 0.3 is 0 Å². The number of sulfonamides is 1. The second-order valence-corrected chi connectivity index (χ2v) is 8.36. The van der Waals surface area contributed by atoms with Gasteiger partial charge in [-0.25, -0.2) is 8.42 Å². The predicted octanol–water partition coefficient (Wildman–Crippen LogP) is 0.110. The van der Waals surface area contributed by atoms with Gasteiger partial charge in [0, 0.05) is 37.2 Å². The molecular weight excluding hydrogens is 328 g/mol. The summed E-state index contributed by atoms with van der Waals surface area (Å²) in [7, 11) is 0.535. The summed E-state index contributed by atoms with van der Waals surface area (Å²) in [5.74, 6) is -0.283. The van der Waals surface area contributed by atoms with Gasteiger partial charge in [0.1, 0.15) is 0 Å². The van der Waals surface area contributed by atoms with Gasteiger partial charge in [-0.2, -0.15) is 9.57 Å². The number of nitrogens with zero attached hydrogens (tertiary/aromatic N) is 3. The molecule has 7 nitrogen and oxygen atoms in total. The van der Waals surface area contributed by atoms with Gasteiger partial charge in [0.25, 0.3) is 5.91 Å². The van der Waals surface area contributed by atoms with Crippen LogP contribution in [0.3, 0.4) is 0 Å². The smallest absolute Gasteiger partial charge is 0.251 e. The normalized spacial score (nSPS) is 21.6. The van der Waals surface area contributed by atoms with Crippen LogP contribution in [0.1, 0.15) is 15.9 Å². The van der Waals surface area contributed by atoms with Crippen molar-refractivity contribution in [3.8, 4) is 6.07 Å². The Morgan fingerprint density at radius 2 is 2.12 bits per heavy atom. The van der Waals surface area contributed by atoms with E-state index in [0.29, 0.717) is 24.2 Å². The first kappa shape index (κ1) is 18.4. The molecule has 1 amide bonds. The van der Waals surface area contributed by atoms with Crippen LogP contribution in [0.15, 0.2) is 24.3 Å². The lowest BCUT2D eigenvalue weighted by molar-refractivity contribution is 0.0927. The molecule has 0 spiro atoms. The van der Waals surface area contributed by atoms with Gasteiger partial charge in [0.05, 0.1) is 17.9 Å². The Bertz CT molecular complexity index is 755. The molecule has 0 bridgehead atoms. The number of nitrogens with one attached hydrogen (secondary N) is 1. The maximum absolute atomic E-state index is 12.5. The maximum Gasteiger partial charge on any atom is 0.251 e. The monoisotopic (exact) mass is 350 g/mol. The first-order valence-electron chi connectivity index (χ1n) is 7.61. The van der Waals surface area contributed by atoms with Crippen LogP contribution in [-0.4, -0.2) is 69.6 Å². The average Bonchev–Trinajstić information content (AvgIpc) is 2.89. The quantitative estimate of drug-likeness (QED) is 0.813. The molecule has 1 fully saturated rings. The largest absolute Gasteiger partial charge is 0.348 e. The molecule has 2 atom stereocenters. The number of benzene rings is 1. The third-order valence-electron chi connectivity index (χ3n) is 4.05. The molecule has 24 heavy (non-hydrogen) atoms. The molecule has 8 heteroatoms. The number of amides is 1. The van der Waals surface area contributed by atoms with Crippen molar-refractivity contribution in [2.45, 2.75) is 6.04 Å². The number of carbonyl (C=O) groups is 1. The van der Waals surface area contributed by atoms with Gasteiger partial charge in [0.15, 0.2) is 0 Å². The second kappa shape index (κ2) is 7.30. The molecule has 130 valence electrons. The Morgan fingerprint density at radius 1 is 1.42 bits per heavy atom. The minimum atomic E-state index is -3.29. The zero-order valence-electron chi connectivity index (χ0n) is 14.1. The van der Waals surface area contributed by atoms with E-state index in [1.165, 1.54) is 16.6 Å². The lowest BCUT2D eigenvalue weighted by Gasteiger charge is -2.22. The summed E-state index contributed by atoms with van der Waals surface area (Å²) in [6.45, 7) is 1.33. The fourth-order valence-electron chi connectivity index (χ4n) is 2.90. The first-order chi connectivity index (χ1) is 11.2. The summed E-state index contributed by atoms with van der Waals surface area (Å²) >= 11 is 0. The molecule has 0 aromatic heterocycles. The lowest BCUT2D eigenvalue weighted by atomic mass is 10.0. The number of carbonyl (C=O) groups excluding carboxylic acids is 1. The molecule has 1 N–H and O–H groups in total. The van der Waals surface area contributed by atoms with Crippen LogP contribution in [-0.2, 0) is 10.0 Å². The highest BCUT2D eigenvalue weighted by Gasteiger charge is 2.38. The van der Waals surface area contributed by atoms with E-state index in [-0.39, 0.29) is 24.4 Å². The van der Waals surface area contributed by atoms with Crippen molar-refractivity contribution in [2.75, 3.05) is 40.0 Å². The molecule has 0 aliphatic carbocycles. The molecule has 1 aromatic carbocycles. The molecule has 1 aromatic rings. The van der Waals surface area contributed by atoms with Crippen LogP contribution in [0, 0.1) is 17.2 Å². The zero-order valence-corrected chi connectivity index (χ0v) is 14.9. The van der Waals surface area contributed by atoms with Gasteiger partial charge in [-0.15, -0.1) is 0 Å². The fourth-order valence-corrected chi connectivity index (χ4v) is 3.80. The first-order valence-corrected chi connectivity index (χ1v) is 9.46. The van der Waals surface area contributed by atoms with Gasteiger partial charge in [0.2, 0.25) is 10.0 Å². The molecule has 0 saturated carbocycles. The number of nitriles is 1. The Hall–Kier alpha value is -1.95. The Labute approximate surface area is 142 Å². The molecule has 0 radical (unpaired) electrons. The highest BCUT2D eigenvalue weighted by Crippen LogP contribution is 2.21. The van der Waals surface area contributed by atoms with Crippen molar-refractivity contribution in [1.29, 1.82) is 5.26 Å². The molecular formula is C16H22N4O3S. The van der Waals surface area contributed by atoms with Gasteiger partial charge in [-0.05, 0) is 32.3 Å². The van der Waals surface area contributed by atoms with Crippen molar-refractivity contribution in [2.24, 2.45) is 5.92 Å². The minimum absolute atomic E-state index is 0.0119. The van der Waals surface area contributed by atoms with Crippen LogP contribution in [0.5, 0.6) is 0 Å². The minimum Gasteiger partial charge on any atom is -0.348 e. The molecule has 1 heterocycles. The topological polar surface area (TPSA) is 93.5 Å². The van der Waals surface area contributed by atoms with Crippen LogP contribution >= 0.6 is 0 Å². The second-order valence-electron chi connectivity index (χ2n) is 6.37. The lowest BCUT2D eigenvalue weighted by Crippen LogP contribution is -2.43. The van der Waals surface area contributed by atoms with Gasteiger partial charge < -0.3 is 10.2 Å². The number of hydrogen-bond donors (Lipinski definition) is 1. The summed E-state index contributed by atoms with van der Waals surface area (Å²) in [4.78, 5) is 14.4. The van der Waals surface area contributed by atoms with E-state index < -0.39 is 10.0 Å². The van der Waals surface area contributed by atoms with E-state index in [4.69, 9.17) is 5.26 Å². The highest BCUT2D eigenvalue weighted by atomic mass is 32.2. The summed E-state index contributed by atoms with van der Waals surface area (Å²) in [5, 5.41) is 11.9. The van der Waals surface area contributed by atoms with Crippen molar-refractivity contribution >= 4 is 15.9 Å². The molecule has 1 aliphatic rings. The summed E-state index contributed by atoms with van der Waals surface area (Å²) < 4.78 is 25.0. The highest BCUT2D eigenvalue weighted by molar-refractivity contribution is 7.88. The Balaban J connectivity index is 2.15. The van der Waals surface area contributed by atoms with Crippen molar-refractivity contribution in [1.82, 2.24) is 14.5 Å². The van der Waals surface area contributed by atoms with Crippen LogP contribution in [0.25, 0.3) is 0 Å². The maximum atomic E-state index is 12.5. The summed E-state index contributed by atoms with van der Waals surface area (Å²) in [6.07, 6.45) is 1.18. The number of rotatable bonds is 5. The van der Waals surface area contributed by atoms with Crippen molar-refractivity contribution < 1.29 is 13.2 Å². The van der Waals surface area contributed by atoms with Gasteiger partial charge in [-0.1, -0.05) is 6.07 Å². The van der Waals surface area contributed by atoms with Gasteiger partial charge in [-0.3, -0.25) is 4.79 Å². The molecule has 0 unspecified atom stereocenters. The van der Waals surface area contributed by atoms with E-state index in [2.05, 4.69) is 5.32 Å². The average molecular weight is 350 g/mol. The third-order valence-corrected chi connectivity index (χ3v) is 5.28. The molecule has 2 rings (SSSR count). The van der Waals surface area contributed by atoms with E-state index in [1.54, 1.807) is 18.2 Å². The fraction of sp³-hybridized carbons (Fsp3) is 0.500. The van der Waals surface area contributed by atoms with Crippen LogP contribution < -0.4 is 5.32 Å². The van der Waals surface area contributed by atoms with E-state index in [9.17, 15) is 13.2 Å². The van der Waals surface area contributed by atoms with E-state index in [1.807, 2.05) is 25.1 Å². The SMILES string of the molecule is CN(C)C[C@@H]1CN(S(C)(=O)=O)C[C@H]1NC(=O)c1cccc(C#N)c1. The standard InChI is InChI=1S/C16H22N4O3S/c1-19(2)9-14-10-20(24(3,22)23)11-15(14)18-16(21)13-6-4-5-12(7-13)8-17/h4-7,14-15H,9-11H2,1-3H3,(H,18,21)/t14-,15-/m1/s1. The van der Waals surface area contributed by atoms with Crippen LogP contribution in [0.4, 0.5) is 0 Å². The van der Waals surface area contributed by atoms with Crippen molar-refractivity contribution in [3.05, 3.63) is 35.4 Å².